The summed E-state index contributed by atoms with van der Waals surface area (Å²) >= 11 is 0. The number of nitrogens with two attached hydrogens (primary N) is 2. The van der Waals surface area contributed by atoms with E-state index in [0.717, 1.165) is 56.2 Å². The van der Waals surface area contributed by atoms with E-state index in [-0.39, 0.29) is 18.1 Å². The Morgan fingerprint density at radius 3 is 2.65 bits per heavy atom. The van der Waals surface area contributed by atoms with E-state index in [2.05, 4.69) is 20.1 Å². The molecule has 4 aliphatic rings. The van der Waals surface area contributed by atoms with Crippen molar-refractivity contribution in [1.29, 1.82) is 0 Å². The first-order chi connectivity index (χ1) is 16.5. The average Bonchev–Trinajstić information content (AvgIpc) is 3.69. The van der Waals surface area contributed by atoms with Crippen molar-refractivity contribution >= 4 is 34.6 Å². The molecule has 2 aliphatic heterocycles. The molecular weight excluding hydrogens is 430 g/mol. The van der Waals surface area contributed by atoms with Crippen LogP contribution in [0.2, 0.25) is 0 Å². The molecule has 2 saturated carbocycles. The Hall–Kier alpha value is -3.07. The molecule has 0 unspecified atom stereocenters. The van der Waals surface area contributed by atoms with Gasteiger partial charge in [0.1, 0.15) is 5.82 Å². The number of carbonyl (C=O) groups is 1. The van der Waals surface area contributed by atoms with E-state index in [1.165, 1.54) is 12.8 Å². The van der Waals surface area contributed by atoms with Crippen LogP contribution in [0.25, 0.3) is 0 Å². The molecule has 180 valence electrons. The third-order valence-corrected chi connectivity index (χ3v) is 7.47. The van der Waals surface area contributed by atoms with Crippen molar-refractivity contribution in [3.63, 3.8) is 0 Å². The molecule has 2 saturated heterocycles. The Balaban J connectivity index is 1.23. The van der Waals surface area contributed by atoms with Crippen LogP contribution in [0.5, 0.6) is 0 Å². The van der Waals surface area contributed by atoms with Crippen LogP contribution < -0.4 is 21.7 Å². The van der Waals surface area contributed by atoms with Crippen LogP contribution in [0.15, 0.2) is 24.4 Å². The monoisotopic (exact) mass is 463 g/mol. The summed E-state index contributed by atoms with van der Waals surface area (Å²) in [7, 11) is 0. The summed E-state index contributed by atoms with van der Waals surface area (Å²) < 4.78 is 5.51. The Morgan fingerprint density at radius 1 is 1.15 bits per heavy atom. The van der Waals surface area contributed by atoms with Crippen molar-refractivity contribution in [1.82, 2.24) is 14.9 Å². The summed E-state index contributed by atoms with van der Waals surface area (Å²) in [6.07, 6.45) is 7.94. The Bertz CT molecular complexity index is 1080. The van der Waals surface area contributed by atoms with Gasteiger partial charge >= 0.3 is 0 Å². The zero-order chi connectivity index (χ0) is 23.2. The average molecular weight is 464 g/mol. The molecule has 2 aromatic heterocycles. The van der Waals surface area contributed by atoms with Crippen LogP contribution in [0.4, 0.5) is 28.7 Å². The Kier molecular flexibility index (Phi) is 5.44. The van der Waals surface area contributed by atoms with Crippen molar-refractivity contribution < 1.29 is 9.53 Å². The molecule has 0 radical (unpaired) electrons. The second kappa shape index (κ2) is 8.61. The van der Waals surface area contributed by atoms with Crippen molar-refractivity contribution in [3.8, 4) is 0 Å². The van der Waals surface area contributed by atoms with E-state index in [0.29, 0.717) is 42.0 Å². The molecule has 9 nitrogen and oxygen atoms in total. The van der Waals surface area contributed by atoms with E-state index >= 15 is 0 Å². The summed E-state index contributed by atoms with van der Waals surface area (Å²) in [6, 6.07) is 5.79. The summed E-state index contributed by atoms with van der Waals surface area (Å²) in [4.78, 5) is 26.9. The van der Waals surface area contributed by atoms with E-state index in [1.54, 1.807) is 12.3 Å². The zero-order valence-electron chi connectivity index (χ0n) is 19.4. The van der Waals surface area contributed by atoms with Crippen LogP contribution in [0.3, 0.4) is 0 Å². The number of carbonyl (C=O) groups excluding carboxylic acids is 1. The first-order valence-corrected chi connectivity index (χ1v) is 12.5. The van der Waals surface area contributed by atoms with E-state index in [9.17, 15) is 4.79 Å². The molecule has 0 aromatic carbocycles. The summed E-state index contributed by atoms with van der Waals surface area (Å²) in [5, 5.41) is 3.38. The summed E-state index contributed by atoms with van der Waals surface area (Å²) in [5.41, 5.74) is 15.7. The highest BCUT2D eigenvalue weighted by Gasteiger charge is 2.42. The lowest BCUT2D eigenvalue weighted by atomic mass is 10.0. The molecule has 2 aromatic rings. The van der Waals surface area contributed by atoms with Crippen LogP contribution >= 0.6 is 0 Å². The number of piperazine rings is 1. The van der Waals surface area contributed by atoms with Crippen LogP contribution in [-0.4, -0.2) is 59.2 Å². The molecule has 6 rings (SSSR count). The van der Waals surface area contributed by atoms with Gasteiger partial charge in [-0.3, -0.25) is 4.79 Å². The van der Waals surface area contributed by atoms with Gasteiger partial charge in [0.25, 0.3) is 0 Å². The second-order valence-corrected chi connectivity index (χ2v) is 10.1. The standard InChI is InChI=1S/C25H33N7O2/c26-17-5-7-28-22(11-17)29-20-13-19(27)25(30-24(20)16-3-4-16)31-8-9-32(21(14-31)15-1-2-15)23(33)12-18-6-10-34-18/h5,7,11,13,15-16,18,21H,1-4,6,8-10,12,14,27H2,(H3,26,28,29)/t18-,21+/m1/s1. The number of aromatic nitrogens is 2. The number of rotatable bonds is 7. The van der Waals surface area contributed by atoms with Gasteiger partial charge in [-0.25, -0.2) is 9.97 Å². The normalized spacial score (nSPS) is 24.6. The second-order valence-electron chi connectivity index (χ2n) is 10.1. The number of hydrogen-bond donors (Lipinski definition) is 3. The van der Waals surface area contributed by atoms with Crippen molar-refractivity contribution in [2.75, 3.05) is 47.9 Å². The number of ether oxygens (including phenoxy) is 1. The molecule has 5 N–H and O–H groups in total. The molecule has 1 amide bonds. The fraction of sp³-hybridized carbons (Fsp3) is 0.560. The van der Waals surface area contributed by atoms with Gasteiger partial charge in [0, 0.05) is 50.1 Å². The highest BCUT2D eigenvalue weighted by molar-refractivity contribution is 5.78. The van der Waals surface area contributed by atoms with Crippen LogP contribution in [-0.2, 0) is 9.53 Å². The van der Waals surface area contributed by atoms with Gasteiger partial charge in [0.15, 0.2) is 5.82 Å². The molecular formula is C25H33N7O2. The smallest absolute Gasteiger partial charge is 0.225 e. The molecule has 0 bridgehead atoms. The largest absolute Gasteiger partial charge is 0.399 e. The lowest BCUT2D eigenvalue weighted by molar-refractivity contribution is -0.142. The van der Waals surface area contributed by atoms with Gasteiger partial charge in [-0.1, -0.05) is 0 Å². The minimum atomic E-state index is 0.110. The Labute approximate surface area is 199 Å². The van der Waals surface area contributed by atoms with E-state index in [4.69, 9.17) is 21.2 Å². The van der Waals surface area contributed by atoms with Gasteiger partial charge in [-0.2, -0.15) is 0 Å². The maximum absolute atomic E-state index is 13.0. The Morgan fingerprint density at radius 2 is 1.97 bits per heavy atom. The number of nitrogen functional groups attached to an aromatic ring is 2. The number of pyridine rings is 2. The van der Waals surface area contributed by atoms with Crippen molar-refractivity contribution in [2.24, 2.45) is 5.92 Å². The summed E-state index contributed by atoms with van der Waals surface area (Å²) in [5.74, 6) is 2.77. The number of anilines is 5. The number of nitrogens with zero attached hydrogens (tertiary/aromatic N) is 4. The third kappa shape index (κ3) is 4.36. The predicted octanol–water partition coefficient (Wildman–Crippen LogP) is 2.87. The lowest BCUT2D eigenvalue weighted by Crippen LogP contribution is -2.57. The maximum atomic E-state index is 13.0. The summed E-state index contributed by atoms with van der Waals surface area (Å²) in [6.45, 7) is 3.02. The molecule has 2 atom stereocenters. The van der Waals surface area contributed by atoms with E-state index < -0.39 is 0 Å². The number of hydrogen-bond acceptors (Lipinski definition) is 8. The highest BCUT2D eigenvalue weighted by Crippen LogP contribution is 2.45. The highest BCUT2D eigenvalue weighted by atomic mass is 16.5. The minimum absolute atomic E-state index is 0.110. The molecule has 4 fully saturated rings. The van der Waals surface area contributed by atoms with Gasteiger partial charge in [0.2, 0.25) is 5.91 Å². The fourth-order valence-corrected chi connectivity index (χ4v) is 5.16. The SMILES string of the molecule is Nc1ccnc(Nc2cc(N)c(N3CCN(C(=O)C[C@H]4CCO4)[C@H](C4CC4)C3)nc2C2CC2)c1. The molecule has 0 spiro atoms. The maximum Gasteiger partial charge on any atom is 0.225 e. The molecule has 34 heavy (non-hydrogen) atoms. The van der Waals surface area contributed by atoms with Gasteiger partial charge in [0.05, 0.1) is 35.6 Å². The number of nitrogens with one attached hydrogen (secondary N) is 1. The van der Waals surface area contributed by atoms with Gasteiger partial charge in [-0.05, 0) is 50.2 Å². The van der Waals surface area contributed by atoms with Crippen molar-refractivity contribution in [2.45, 2.75) is 56.6 Å². The van der Waals surface area contributed by atoms with Gasteiger partial charge < -0.3 is 31.3 Å². The minimum Gasteiger partial charge on any atom is -0.399 e. The third-order valence-electron chi connectivity index (χ3n) is 7.47. The quantitative estimate of drug-likeness (QED) is 0.573. The van der Waals surface area contributed by atoms with Crippen molar-refractivity contribution in [3.05, 3.63) is 30.1 Å². The van der Waals surface area contributed by atoms with E-state index in [1.807, 2.05) is 12.1 Å². The first kappa shape index (κ1) is 21.5. The molecule has 4 heterocycles. The number of amides is 1. The lowest BCUT2D eigenvalue weighted by Gasteiger charge is -2.43. The molecule has 2 aliphatic carbocycles. The van der Waals surface area contributed by atoms with Crippen LogP contribution in [0, 0.1) is 5.92 Å². The fourth-order valence-electron chi connectivity index (χ4n) is 5.16. The predicted molar refractivity (Wildman–Crippen MR) is 132 cm³/mol. The van der Waals surface area contributed by atoms with Gasteiger partial charge in [-0.15, -0.1) is 0 Å². The zero-order valence-corrected chi connectivity index (χ0v) is 19.4. The molecule has 9 heteroatoms. The van der Waals surface area contributed by atoms with Crippen LogP contribution in [0.1, 0.15) is 50.1 Å². The first-order valence-electron chi connectivity index (χ1n) is 12.5. The topological polar surface area (TPSA) is 123 Å².